The van der Waals surface area contributed by atoms with Gasteiger partial charge in [-0.05, 0) is 113 Å². The van der Waals surface area contributed by atoms with Gasteiger partial charge in [0.1, 0.15) is 0 Å². The number of fused-ring (bicyclic) bond motifs is 3. The zero-order valence-electron chi connectivity index (χ0n) is 30.3. The van der Waals surface area contributed by atoms with Crippen molar-refractivity contribution >= 4 is 49.4 Å². The molecule has 0 radical (unpaired) electrons. The highest BCUT2D eigenvalue weighted by atomic mass is 15.1. The van der Waals surface area contributed by atoms with Crippen LogP contribution in [0.4, 0.5) is 17.1 Å². The predicted molar refractivity (Wildman–Crippen MR) is 235 cm³/mol. The van der Waals surface area contributed by atoms with Crippen LogP contribution in [-0.4, -0.2) is 0 Å². The molecule has 0 aromatic heterocycles. The molecule has 0 spiro atoms. The lowest BCUT2D eigenvalue weighted by Crippen LogP contribution is -2.10. The molecule has 0 saturated heterocycles. The molecule has 0 aliphatic heterocycles. The second-order valence-corrected chi connectivity index (χ2v) is 14.1. The first-order chi connectivity index (χ1) is 27.3. The van der Waals surface area contributed by atoms with Gasteiger partial charge in [-0.15, -0.1) is 0 Å². The fourth-order valence-corrected chi connectivity index (χ4v) is 8.24. The molecule has 10 aromatic rings. The van der Waals surface area contributed by atoms with E-state index in [0.717, 1.165) is 17.1 Å². The molecule has 1 nitrogen and oxygen atoms in total. The number of hydrogen-bond donors (Lipinski definition) is 0. The van der Waals surface area contributed by atoms with E-state index in [1.165, 1.54) is 76.8 Å². The van der Waals surface area contributed by atoms with Crippen LogP contribution >= 0.6 is 0 Å². The van der Waals surface area contributed by atoms with Gasteiger partial charge in [-0.3, -0.25) is 0 Å². The number of hydrogen-bond acceptors (Lipinski definition) is 1. The predicted octanol–water partition coefficient (Wildman–Crippen LogP) is 15.3. The summed E-state index contributed by atoms with van der Waals surface area (Å²) in [5, 5.41) is 7.41. The van der Waals surface area contributed by atoms with Crippen molar-refractivity contribution in [2.24, 2.45) is 0 Å². The molecule has 55 heavy (non-hydrogen) atoms. The Kier molecular flexibility index (Phi) is 8.24. The third-order valence-corrected chi connectivity index (χ3v) is 10.8. The average molecular weight is 700 g/mol. The van der Waals surface area contributed by atoms with E-state index in [0.29, 0.717) is 0 Å². The number of rotatable bonds is 7. The van der Waals surface area contributed by atoms with Crippen LogP contribution in [0.5, 0.6) is 0 Å². The highest BCUT2D eigenvalue weighted by molar-refractivity contribution is 6.09. The van der Waals surface area contributed by atoms with E-state index in [2.05, 4.69) is 229 Å². The molecule has 0 bridgehead atoms. The maximum Gasteiger partial charge on any atom is 0.0474 e. The first-order valence-electron chi connectivity index (χ1n) is 18.9. The molecule has 0 amide bonds. The Hall–Kier alpha value is -7.22. The topological polar surface area (TPSA) is 3.24 Å². The maximum absolute atomic E-state index is 2.42. The van der Waals surface area contributed by atoms with E-state index in [1.54, 1.807) is 0 Å². The van der Waals surface area contributed by atoms with Crippen LogP contribution in [0.1, 0.15) is 0 Å². The summed E-state index contributed by atoms with van der Waals surface area (Å²) in [4.78, 5) is 2.42. The lowest BCUT2D eigenvalue weighted by atomic mass is 9.91. The molecule has 0 saturated carbocycles. The van der Waals surface area contributed by atoms with Crippen LogP contribution < -0.4 is 4.90 Å². The Labute approximate surface area is 322 Å². The van der Waals surface area contributed by atoms with Gasteiger partial charge in [0.15, 0.2) is 0 Å². The molecule has 0 aliphatic rings. The van der Waals surface area contributed by atoms with E-state index in [-0.39, 0.29) is 0 Å². The van der Waals surface area contributed by atoms with E-state index >= 15 is 0 Å². The molecule has 0 fully saturated rings. The highest BCUT2D eigenvalue weighted by Gasteiger charge is 2.19. The summed E-state index contributed by atoms with van der Waals surface area (Å²) in [6.07, 6.45) is 0. The highest BCUT2D eigenvalue weighted by Crippen LogP contribution is 2.44. The third kappa shape index (κ3) is 6.02. The van der Waals surface area contributed by atoms with E-state index in [9.17, 15) is 0 Å². The van der Waals surface area contributed by atoms with Crippen molar-refractivity contribution < 1.29 is 0 Å². The van der Waals surface area contributed by atoms with E-state index in [1.807, 2.05) is 0 Å². The summed E-state index contributed by atoms with van der Waals surface area (Å²) in [7, 11) is 0. The summed E-state index contributed by atoms with van der Waals surface area (Å²) >= 11 is 0. The molecular formula is C54H37N. The van der Waals surface area contributed by atoms with E-state index in [4.69, 9.17) is 0 Å². The lowest BCUT2D eigenvalue weighted by Gasteiger charge is -2.28. The Morgan fingerprint density at radius 2 is 0.745 bits per heavy atom. The Morgan fingerprint density at radius 3 is 1.47 bits per heavy atom. The van der Waals surface area contributed by atoms with Gasteiger partial charge < -0.3 is 4.90 Å². The molecule has 0 aliphatic carbocycles. The largest absolute Gasteiger partial charge is 0.310 e. The van der Waals surface area contributed by atoms with Crippen molar-refractivity contribution in [3.8, 4) is 44.5 Å². The van der Waals surface area contributed by atoms with Crippen molar-refractivity contribution in [2.45, 2.75) is 0 Å². The summed E-state index contributed by atoms with van der Waals surface area (Å²) in [6, 6.07) is 81.5. The van der Waals surface area contributed by atoms with Gasteiger partial charge in [0, 0.05) is 17.1 Å². The molecule has 1 heteroatoms. The summed E-state index contributed by atoms with van der Waals surface area (Å²) in [6.45, 7) is 0. The van der Waals surface area contributed by atoms with Crippen molar-refractivity contribution in [2.75, 3.05) is 4.90 Å². The lowest BCUT2D eigenvalue weighted by molar-refractivity contribution is 1.29. The quantitative estimate of drug-likeness (QED) is 0.160. The number of anilines is 3. The molecule has 0 unspecified atom stereocenters. The van der Waals surface area contributed by atoms with Gasteiger partial charge in [0.05, 0.1) is 0 Å². The maximum atomic E-state index is 2.42. The first kappa shape index (κ1) is 32.4. The van der Waals surface area contributed by atoms with E-state index < -0.39 is 0 Å². The molecule has 0 N–H and O–H groups in total. The number of benzene rings is 10. The van der Waals surface area contributed by atoms with Gasteiger partial charge in [0.25, 0.3) is 0 Å². The van der Waals surface area contributed by atoms with Crippen molar-refractivity contribution in [1.29, 1.82) is 0 Å². The summed E-state index contributed by atoms with van der Waals surface area (Å²) in [5.74, 6) is 0. The fourth-order valence-electron chi connectivity index (χ4n) is 8.24. The van der Waals surface area contributed by atoms with Crippen molar-refractivity contribution in [3.63, 3.8) is 0 Å². The van der Waals surface area contributed by atoms with Crippen LogP contribution in [0, 0.1) is 0 Å². The second kappa shape index (κ2) is 14.0. The van der Waals surface area contributed by atoms with Gasteiger partial charge in [0.2, 0.25) is 0 Å². The normalized spacial score (nSPS) is 11.3. The Balaban J connectivity index is 1.19. The van der Waals surface area contributed by atoms with Gasteiger partial charge in [-0.25, -0.2) is 0 Å². The fraction of sp³-hybridized carbons (Fsp3) is 0. The molecule has 0 atom stereocenters. The van der Waals surface area contributed by atoms with Crippen LogP contribution in [-0.2, 0) is 0 Å². The Morgan fingerprint density at radius 1 is 0.236 bits per heavy atom. The standard InChI is InChI=1S/C54H37N/c1-3-15-38(16-4-1)39-31-33-45(34-32-39)55(47-36-43-20-8-10-27-49(43)53(37-47)52-30-12-21-40-19-7-9-26-48(40)52)46-25-11-24-44(35-46)51-29-14-23-42-22-13-28-50(54(42)51)41-17-5-2-6-18-41/h1-37H. The average Bonchev–Trinajstić information content (AvgIpc) is 3.26. The second-order valence-electron chi connectivity index (χ2n) is 14.1. The van der Waals surface area contributed by atoms with Gasteiger partial charge >= 0.3 is 0 Å². The van der Waals surface area contributed by atoms with Crippen LogP contribution in [0.25, 0.3) is 76.8 Å². The zero-order valence-corrected chi connectivity index (χ0v) is 30.3. The van der Waals surface area contributed by atoms with Crippen LogP contribution in [0.2, 0.25) is 0 Å². The molecule has 10 rings (SSSR count). The smallest absolute Gasteiger partial charge is 0.0474 e. The summed E-state index contributed by atoms with van der Waals surface area (Å²) in [5.41, 5.74) is 13.0. The summed E-state index contributed by atoms with van der Waals surface area (Å²) < 4.78 is 0. The minimum atomic E-state index is 1.10. The van der Waals surface area contributed by atoms with Crippen molar-refractivity contribution in [1.82, 2.24) is 0 Å². The molecule has 10 aromatic carbocycles. The SMILES string of the molecule is c1ccc(-c2ccc(N(c3cccc(-c4cccc5cccc(-c6ccccc6)c45)c3)c3cc(-c4cccc5ccccc45)c4ccccc4c3)cc2)cc1. The monoisotopic (exact) mass is 699 g/mol. The number of nitrogens with zero attached hydrogens (tertiary/aromatic N) is 1. The minimum absolute atomic E-state index is 1.10. The van der Waals surface area contributed by atoms with Crippen LogP contribution in [0.3, 0.4) is 0 Å². The first-order valence-corrected chi connectivity index (χ1v) is 18.9. The van der Waals surface area contributed by atoms with Crippen molar-refractivity contribution in [3.05, 3.63) is 224 Å². The van der Waals surface area contributed by atoms with Gasteiger partial charge in [-0.2, -0.15) is 0 Å². The molecule has 0 heterocycles. The zero-order chi connectivity index (χ0) is 36.6. The minimum Gasteiger partial charge on any atom is -0.310 e. The molecule has 258 valence electrons. The van der Waals surface area contributed by atoms with Gasteiger partial charge in [-0.1, -0.05) is 188 Å². The Bertz CT molecular complexity index is 2950. The van der Waals surface area contributed by atoms with Crippen LogP contribution in [0.15, 0.2) is 224 Å². The molecular weight excluding hydrogens is 663 g/mol. The third-order valence-electron chi connectivity index (χ3n) is 10.8.